The number of nitrogens with zero attached hydrogens (tertiary/aromatic N) is 4. The number of hydrogen-bond donors (Lipinski definition) is 1. The molecular formula is C36H36BrCl2N5O4. The van der Waals surface area contributed by atoms with E-state index in [0.717, 1.165) is 41.9 Å². The first-order valence-electron chi connectivity index (χ1n) is 15.4. The number of halogens is 3. The predicted molar refractivity (Wildman–Crippen MR) is 195 cm³/mol. The number of carbonyl (C=O) groups excluding carboxylic acids is 2. The van der Waals surface area contributed by atoms with E-state index in [9.17, 15) is 9.59 Å². The molecule has 48 heavy (non-hydrogen) atoms. The number of hydrogen-bond acceptors (Lipinski definition) is 6. The second-order valence-corrected chi connectivity index (χ2v) is 12.3. The van der Waals surface area contributed by atoms with E-state index in [1.807, 2.05) is 66.8 Å². The standard InChI is InChI=1S/C36H35Cl2N5O4.BrH/c1-4-46-27-8-5-24(6-9-27)22-42-13-15-43(16-14-42)36(45)33-20-26-18-28(10-12-32(26)41(33)3)47-34-17-23(2)31(21-39-34)40-35(44)25-7-11-29(37)30(38)19-25;/h5-12,17-21H,4,13-16,22H2,1-3H3,(H,40,44);1H. The number of carbonyl (C=O) groups is 2. The third kappa shape index (κ3) is 7.95. The fourth-order valence-electron chi connectivity index (χ4n) is 5.65. The Hall–Kier alpha value is -4.09. The second kappa shape index (κ2) is 15.4. The summed E-state index contributed by atoms with van der Waals surface area (Å²) in [7, 11) is 1.91. The molecule has 1 fully saturated rings. The van der Waals surface area contributed by atoms with Crippen LogP contribution >= 0.6 is 40.2 Å². The van der Waals surface area contributed by atoms with Gasteiger partial charge >= 0.3 is 0 Å². The summed E-state index contributed by atoms with van der Waals surface area (Å²) in [5, 5.41) is 4.43. The van der Waals surface area contributed by atoms with Crippen molar-refractivity contribution in [2.75, 3.05) is 38.1 Å². The van der Waals surface area contributed by atoms with Gasteiger partial charge < -0.3 is 24.3 Å². The summed E-state index contributed by atoms with van der Waals surface area (Å²) in [5.41, 5.74) is 4.50. The fourth-order valence-corrected chi connectivity index (χ4v) is 5.95. The number of amides is 2. The van der Waals surface area contributed by atoms with Gasteiger partial charge in [0.2, 0.25) is 5.88 Å². The minimum Gasteiger partial charge on any atom is -0.494 e. The summed E-state index contributed by atoms with van der Waals surface area (Å²) >= 11 is 12.0. The first-order chi connectivity index (χ1) is 22.7. The summed E-state index contributed by atoms with van der Waals surface area (Å²) in [5.74, 6) is 1.54. The lowest BCUT2D eigenvalue weighted by molar-refractivity contribution is 0.0619. The minimum absolute atomic E-state index is 0. The number of anilines is 1. The summed E-state index contributed by atoms with van der Waals surface area (Å²) in [6, 6.07) is 22.3. The van der Waals surface area contributed by atoms with Gasteiger partial charge in [0, 0.05) is 62.3 Å². The summed E-state index contributed by atoms with van der Waals surface area (Å²) in [6.07, 6.45) is 1.55. The third-order valence-electron chi connectivity index (χ3n) is 8.27. The predicted octanol–water partition coefficient (Wildman–Crippen LogP) is 8.17. The molecule has 0 spiro atoms. The van der Waals surface area contributed by atoms with E-state index in [1.165, 1.54) is 11.6 Å². The van der Waals surface area contributed by atoms with Crippen LogP contribution in [0.1, 0.15) is 38.9 Å². The Morgan fingerprint density at radius 2 is 1.62 bits per heavy atom. The van der Waals surface area contributed by atoms with Gasteiger partial charge in [-0.15, -0.1) is 17.0 Å². The van der Waals surface area contributed by atoms with Crippen molar-refractivity contribution in [3.05, 3.63) is 111 Å². The smallest absolute Gasteiger partial charge is 0.270 e. The lowest BCUT2D eigenvalue weighted by atomic mass is 10.2. The Morgan fingerprint density at radius 3 is 2.31 bits per heavy atom. The lowest BCUT2D eigenvalue weighted by Gasteiger charge is -2.34. The highest BCUT2D eigenvalue weighted by molar-refractivity contribution is 8.93. The van der Waals surface area contributed by atoms with Crippen LogP contribution in [0.5, 0.6) is 17.4 Å². The third-order valence-corrected chi connectivity index (χ3v) is 9.01. The number of ether oxygens (including phenoxy) is 2. The number of pyridine rings is 1. The van der Waals surface area contributed by atoms with Gasteiger partial charge in [-0.3, -0.25) is 14.5 Å². The van der Waals surface area contributed by atoms with Gasteiger partial charge in [0.15, 0.2) is 0 Å². The molecule has 1 aliphatic rings. The monoisotopic (exact) mass is 751 g/mol. The quantitative estimate of drug-likeness (QED) is 0.164. The maximum absolute atomic E-state index is 13.6. The molecule has 0 saturated carbocycles. The largest absolute Gasteiger partial charge is 0.494 e. The van der Waals surface area contributed by atoms with Gasteiger partial charge in [0.05, 0.1) is 28.5 Å². The number of benzene rings is 3. The Kier molecular flexibility index (Phi) is 11.3. The molecule has 2 amide bonds. The molecule has 0 aliphatic carbocycles. The zero-order valence-corrected chi connectivity index (χ0v) is 30.1. The Bertz CT molecular complexity index is 1940. The van der Waals surface area contributed by atoms with Crippen LogP contribution in [0.25, 0.3) is 10.9 Å². The van der Waals surface area contributed by atoms with Crippen molar-refractivity contribution in [1.29, 1.82) is 0 Å². The maximum Gasteiger partial charge on any atom is 0.270 e. The van der Waals surface area contributed by atoms with E-state index >= 15 is 0 Å². The minimum atomic E-state index is -0.326. The number of nitrogens with one attached hydrogen (secondary N) is 1. The normalized spacial score (nSPS) is 13.2. The number of piperazine rings is 1. The molecule has 3 heterocycles. The van der Waals surface area contributed by atoms with Crippen molar-refractivity contribution in [2.45, 2.75) is 20.4 Å². The van der Waals surface area contributed by atoms with E-state index in [0.29, 0.717) is 58.3 Å². The van der Waals surface area contributed by atoms with Gasteiger partial charge in [0.25, 0.3) is 11.8 Å². The fraction of sp³-hybridized carbons (Fsp3) is 0.250. The van der Waals surface area contributed by atoms with E-state index in [-0.39, 0.29) is 28.8 Å². The Balaban J connectivity index is 0.00000451. The summed E-state index contributed by atoms with van der Waals surface area (Å²) in [6.45, 7) is 8.29. The molecule has 5 aromatic rings. The molecule has 2 aromatic heterocycles. The zero-order valence-electron chi connectivity index (χ0n) is 26.8. The van der Waals surface area contributed by atoms with Crippen molar-refractivity contribution in [2.24, 2.45) is 7.05 Å². The highest BCUT2D eigenvalue weighted by Gasteiger charge is 2.25. The highest BCUT2D eigenvalue weighted by Crippen LogP contribution is 2.29. The van der Waals surface area contributed by atoms with Crippen LogP contribution in [0.2, 0.25) is 10.0 Å². The molecule has 0 unspecified atom stereocenters. The van der Waals surface area contributed by atoms with Crippen LogP contribution in [0, 0.1) is 6.92 Å². The average Bonchev–Trinajstić information content (AvgIpc) is 3.40. The van der Waals surface area contributed by atoms with E-state index in [4.69, 9.17) is 32.7 Å². The van der Waals surface area contributed by atoms with Gasteiger partial charge in [0.1, 0.15) is 17.2 Å². The first-order valence-corrected chi connectivity index (χ1v) is 16.2. The Labute approximate surface area is 300 Å². The second-order valence-electron chi connectivity index (χ2n) is 11.5. The summed E-state index contributed by atoms with van der Waals surface area (Å²) in [4.78, 5) is 35.0. The van der Waals surface area contributed by atoms with Crippen LogP contribution in [0.3, 0.4) is 0 Å². The Morgan fingerprint density at radius 1 is 0.896 bits per heavy atom. The maximum atomic E-state index is 13.6. The SMILES string of the molecule is Br.CCOc1ccc(CN2CCN(C(=O)c3cc4cc(Oc5cc(C)c(NC(=O)c6ccc(Cl)c(Cl)c6)cn5)ccc4n3C)CC2)cc1. The van der Waals surface area contributed by atoms with Gasteiger partial charge in [-0.1, -0.05) is 35.3 Å². The van der Waals surface area contributed by atoms with Gasteiger partial charge in [-0.2, -0.15) is 0 Å². The van der Waals surface area contributed by atoms with E-state index in [1.54, 1.807) is 24.4 Å². The number of aryl methyl sites for hydroxylation is 2. The number of rotatable bonds is 9. The molecule has 1 N–H and O–H groups in total. The number of aromatic nitrogens is 2. The molecule has 0 atom stereocenters. The molecule has 1 saturated heterocycles. The molecule has 250 valence electrons. The topological polar surface area (TPSA) is 88.9 Å². The molecular weight excluding hydrogens is 717 g/mol. The molecule has 3 aromatic carbocycles. The lowest BCUT2D eigenvalue weighted by Crippen LogP contribution is -2.48. The van der Waals surface area contributed by atoms with Gasteiger partial charge in [-0.05, 0) is 79.6 Å². The van der Waals surface area contributed by atoms with Gasteiger partial charge in [-0.25, -0.2) is 4.98 Å². The van der Waals surface area contributed by atoms with Crippen LogP contribution in [0.15, 0.2) is 79.0 Å². The molecule has 0 radical (unpaired) electrons. The molecule has 9 nitrogen and oxygen atoms in total. The average molecular weight is 754 g/mol. The molecule has 6 rings (SSSR count). The van der Waals surface area contributed by atoms with Crippen molar-refractivity contribution in [3.63, 3.8) is 0 Å². The van der Waals surface area contributed by atoms with Crippen LogP contribution in [-0.4, -0.2) is 64.0 Å². The molecule has 1 aliphatic heterocycles. The van der Waals surface area contributed by atoms with Crippen LogP contribution in [0.4, 0.5) is 5.69 Å². The molecule has 0 bridgehead atoms. The first kappa shape index (κ1) is 35.2. The highest BCUT2D eigenvalue weighted by atomic mass is 79.9. The molecule has 12 heteroatoms. The van der Waals surface area contributed by atoms with Crippen LogP contribution < -0.4 is 14.8 Å². The number of fused-ring (bicyclic) bond motifs is 1. The van der Waals surface area contributed by atoms with Crippen molar-refractivity contribution < 1.29 is 19.1 Å². The van der Waals surface area contributed by atoms with Crippen molar-refractivity contribution in [1.82, 2.24) is 19.4 Å². The van der Waals surface area contributed by atoms with Crippen LogP contribution in [-0.2, 0) is 13.6 Å². The van der Waals surface area contributed by atoms with E-state index < -0.39 is 0 Å². The summed E-state index contributed by atoms with van der Waals surface area (Å²) < 4.78 is 13.6. The van der Waals surface area contributed by atoms with Crippen molar-refractivity contribution >= 4 is 68.6 Å². The van der Waals surface area contributed by atoms with Crippen molar-refractivity contribution in [3.8, 4) is 17.4 Å². The van der Waals surface area contributed by atoms with E-state index in [2.05, 4.69) is 27.3 Å². The zero-order chi connectivity index (χ0) is 33.1.